The zero-order chi connectivity index (χ0) is 10.6. The lowest BCUT2D eigenvalue weighted by Gasteiger charge is -2.42. The zero-order valence-electron chi connectivity index (χ0n) is 10.2. The van der Waals surface area contributed by atoms with Gasteiger partial charge in [-0.15, -0.1) is 0 Å². The van der Waals surface area contributed by atoms with Crippen molar-refractivity contribution in [2.24, 2.45) is 0 Å². The minimum absolute atomic E-state index is 0.372. The minimum Gasteiger partial charge on any atom is -0.378 e. The van der Waals surface area contributed by atoms with Crippen LogP contribution in [0.15, 0.2) is 0 Å². The smallest absolute Gasteiger partial charge is 0.0599 e. The molecule has 0 saturated carbocycles. The average Bonchev–Trinajstić information content (AvgIpc) is 2.19. The fourth-order valence-electron chi connectivity index (χ4n) is 2.09. The molecular formula is C12H25NO. The van der Waals surface area contributed by atoms with E-state index in [4.69, 9.17) is 4.74 Å². The van der Waals surface area contributed by atoms with Crippen LogP contribution >= 0.6 is 0 Å². The van der Waals surface area contributed by atoms with E-state index in [-0.39, 0.29) is 0 Å². The SMILES string of the molecule is CCOC1CCN(C(C)(C)CC)CC1. The largest absolute Gasteiger partial charge is 0.378 e. The average molecular weight is 199 g/mol. The van der Waals surface area contributed by atoms with Gasteiger partial charge in [-0.05, 0) is 40.0 Å². The Hall–Kier alpha value is -0.0800. The summed E-state index contributed by atoms with van der Waals surface area (Å²) in [4.78, 5) is 2.60. The van der Waals surface area contributed by atoms with Crippen LogP contribution in [0.5, 0.6) is 0 Å². The van der Waals surface area contributed by atoms with Crippen LogP contribution in [0.2, 0.25) is 0 Å². The van der Waals surface area contributed by atoms with Crippen LogP contribution in [-0.4, -0.2) is 36.2 Å². The number of ether oxygens (including phenoxy) is 1. The first-order chi connectivity index (χ1) is 6.60. The molecule has 0 bridgehead atoms. The number of nitrogens with zero attached hydrogens (tertiary/aromatic N) is 1. The monoisotopic (exact) mass is 199 g/mol. The maximum atomic E-state index is 5.65. The van der Waals surface area contributed by atoms with Crippen molar-refractivity contribution in [1.29, 1.82) is 0 Å². The summed E-state index contributed by atoms with van der Waals surface area (Å²) in [5.41, 5.74) is 0.372. The number of rotatable bonds is 4. The molecule has 0 atom stereocenters. The number of hydrogen-bond acceptors (Lipinski definition) is 2. The first-order valence-electron chi connectivity index (χ1n) is 5.96. The van der Waals surface area contributed by atoms with Crippen molar-refractivity contribution in [3.8, 4) is 0 Å². The lowest BCUT2D eigenvalue weighted by molar-refractivity contribution is -0.0124. The second-order valence-corrected chi connectivity index (χ2v) is 4.81. The molecule has 0 spiro atoms. The van der Waals surface area contributed by atoms with Gasteiger partial charge in [-0.2, -0.15) is 0 Å². The van der Waals surface area contributed by atoms with Gasteiger partial charge in [-0.3, -0.25) is 4.90 Å². The summed E-state index contributed by atoms with van der Waals surface area (Å²) in [5.74, 6) is 0. The Labute approximate surface area is 88.6 Å². The van der Waals surface area contributed by atoms with Crippen LogP contribution in [-0.2, 0) is 4.74 Å². The highest BCUT2D eigenvalue weighted by atomic mass is 16.5. The van der Waals surface area contributed by atoms with E-state index < -0.39 is 0 Å². The Morgan fingerprint density at radius 1 is 1.21 bits per heavy atom. The van der Waals surface area contributed by atoms with Crippen molar-refractivity contribution < 1.29 is 4.74 Å². The van der Waals surface area contributed by atoms with Gasteiger partial charge in [0, 0.05) is 25.2 Å². The summed E-state index contributed by atoms with van der Waals surface area (Å²) in [6.45, 7) is 12.3. The highest BCUT2D eigenvalue weighted by Crippen LogP contribution is 2.24. The van der Waals surface area contributed by atoms with E-state index >= 15 is 0 Å². The Bertz CT molecular complexity index is 160. The predicted molar refractivity (Wildman–Crippen MR) is 60.6 cm³/mol. The summed E-state index contributed by atoms with van der Waals surface area (Å²) >= 11 is 0. The summed E-state index contributed by atoms with van der Waals surface area (Å²) < 4.78 is 5.65. The van der Waals surface area contributed by atoms with Crippen molar-refractivity contribution in [1.82, 2.24) is 4.90 Å². The third kappa shape index (κ3) is 2.96. The molecule has 0 aromatic carbocycles. The van der Waals surface area contributed by atoms with Gasteiger partial charge in [0.15, 0.2) is 0 Å². The molecule has 0 aromatic heterocycles. The summed E-state index contributed by atoms with van der Waals surface area (Å²) in [6, 6.07) is 0. The molecule has 1 heterocycles. The molecule has 0 aromatic rings. The van der Waals surface area contributed by atoms with E-state index in [0.29, 0.717) is 11.6 Å². The Kier molecular flexibility index (Phi) is 4.39. The minimum atomic E-state index is 0.372. The van der Waals surface area contributed by atoms with E-state index in [1.165, 1.54) is 32.4 Å². The second kappa shape index (κ2) is 5.13. The molecule has 1 fully saturated rings. The van der Waals surface area contributed by atoms with Crippen LogP contribution < -0.4 is 0 Å². The lowest BCUT2D eigenvalue weighted by atomic mass is 9.95. The maximum absolute atomic E-state index is 5.65. The molecule has 0 amide bonds. The fourth-order valence-corrected chi connectivity index (χ4v) is 2.09. The third-order valence-electron chi connectivity index (χ3n) is 3.57. The van der Waals surface area contributed by atoms with Gasteiger partial charge >= 0.3 is 0 Å². The summed E-state index contributed by atoms with van der Waals surface area (Å²) in [7, 11) is 0. The van der Waals surface area contributed by atoms with E-state index in [9.17, 15) is 0 Å². The molecule has 1 aliphatic rings. The zero-order valence-corrected chi connectivity index (χ0v) is 10.2. The van der Waals surface area contributed by atoms with Crippen LogP contribution in [0.25, 0.3) is 0 Å². The molecule has 14 heavy (non-hydrogen) atoms. The maximum Gasteiger partial charge on any atom is 0.0599 e. The van der Waals surface area contributed by atoms with Crippen LogP contribution in [0, 0.1) is 0 Å². The van der Waals surface area contributed by atoms with Crippen molar-refractivity contribution in [2.45, 2.75) is 58.6 Å². The van der Waals surface area contributed by atoms with Crippen LogP contribution in [0.3, 0.4) is 0 Å². The molecule has 2 nitrogen and oxygen atoms in total. The van der Waals surface area contributed by atoms with Gasteiger partial charge in [0.1, 0.15) is 0 Å². The predicted octanol–water partition coefficient (Wildman–Crippen LogP) is 2.68. The van der Waals surface area contributed by atoms with Crippen molar-refractivity contribution in [3.63, 3.8) is 0 Å². The van der Waals surface area contributed by atoms with Crippen LogP contribution in [0.1, 0.15) is 47.0 Å². The molecular weight excluding hydrogens is 174 g/mol. The van der Waals surface area contributed by atoms with Crippen molar-refractivity contribution in [3.05, 3.63) is 0 Å². The molecule has 1 aliphatic heterocycles. The molecule has 2 heteroatoms. The normalized spacial score (nSPS) is 21.4. The van der Waals surface area contributed by atoms with E-state index in [1.54, 1.807) is 0 Å². The standard InChI is InChI=1S/C12H25NO/c1-5-12(3,4)13-9-7-11(8-10-13)14-6-2/h11H,5-10H2,1-4H3. The second-order valence-electron chi connectivity index (χ2n) is 4.81. The van der Waals surface area contributed by atoms with E-state index in [1.807, 2.05) is 0 Å². The highest BCUT2D eigenvalue weighted by Gasteiger charge is 2.29. The Morgan fingerprint density at radius 3 is 2.21 bits per heavy atom. The van der Waals surface area contributed by atoms with Gasteiger partial charge in [0.05, 0.1) is 6.10 Å². The fraction of sp³-hybridized carbons (Fsp3) is 1.00. The molecule has 1 rings (SSSR count). The van der Waals surface area contributed by atoms with Crippen molar-refractivity contribution >= 4 is 0 Å². The van der Waals surface area contributed by atoms with Gasteiger partial charge < -0.3 is 4.74 Å². The molecule has 0 aliphatic carbocycles. The number of hydrogen-bond donors (Lipinski definition) is 0. The Balaban J connectivity index is 2.35. The quantitative estimate of drug-likeness (QED) is 0.690. The van der Waals surface area contributed by atoms with Gasteiger partial charge in [-0.25, -0.2) is 0 Å². The lowest BCUT2D eigenvalue weighted by Crippen LogP contribution is -2.49. The van der Waals surface area contributed by atoms with Crippen molar-refractivity contribution in [2.75, 3.05) is 19.7 Å². The van der Waals surface area contributed by atoms with Gasteiger partial charge in [-0.1, -0.05) is 6.92 Å². The first-order valence-corrected chi connectivity index (χ1v) is 5.96. The molecule has 0 N–H and O–H groups in total. The summed E-state index contributed by atoms with van der Waals surface area (Å²) in [6.07, 6.45) is 4.16. The number of likely N-dealkylation sites (tertiary alicyclic amines) is 1. The molecule has 1 saturated heterocycles. The van der Waals surface area contributed by atoms with Gasteiger partial charge in [0.25, 0.3) is 0 Å². The highest BCUT2D eigenvalue weighted by molar-refractivity contribution is 4.84. The topological polar surface area (TPSA) is 12.5 Å². The van der Waals surface area contributed by atoms with Crippen LogP contribution in [0.4, 0.5) is 0 Å². The molecule has 84 valence electrons. The molecule has 0 unspecified atom stereocenters. The summed E-state index contributed by atoms with van der Waals surface area (Å²) in [5, 5.41) is 0. The van der Waals surface area contributed by atoms with E-state index in [0.717, 1.165) is 6.61 Å². The molecule has 0 radical (unpaired) electrons. The van der Waals surface area contributed by atoms with Gasteiger partial charge in [0.2, 0.25) is 0 Å². The third-order valence-corrected chi connectivity index (χ3v) is 3.57. The van der Waals surface area contributed by atoms with E-state index in [2.05, 4.69) is 32.6 Å². The first kappa shape index (κ1) is 12.0. The Morgan fingerprint density at radius 2 is 1.79 bits per heavy atom. The number of piperidine rings is 1.